The van der Waals surface area contributed by atoms with Gasteiger partial charge in [-0.3, -0.25) is 4.98 Å². The highest BCUT2D eigenvalue weighted by molar-refractivity contribution is 7.89. The Morgan fingerprint density at radius 3 is 3.04 bits per heavy atom. The molecule has 1 aromatic carbocycles. The quantitative estimate of drug-likeness (QED) is 0.728. The first-order valence-electron chi connectivity index (χ1n) is 8.61. The monoisotopic (exact) mass is 364 g/mol. The van der Waals surface area contributed by atoms with Crippen LogP contribution in [0.4, 0.5) is 0 Å². The van der Waals surface area contributed by atoms with E-state index in [1.165, 1.54) is 0 Å². The number of nitrogens with one attached hydrogen (secondary N) is 1. The van der Waals surface area contributed by atoms with Crippen LogP contribution in [0.1, 0.15) is 24.8 Å². The van der Waals surface area contributed by atoms with E-state index in [1.807, 2.05) is 6.92 Å². The van der Waals surface area contributed by atoms with E-state index in [9.17, 15) is 8.42 Å². The molecule has 0 aliphatic carbocycles. The summed E-state index contributed by atoms with van der Waals surface area (Å²) in [6, 6.07) is 6.96. The summed E-state index contributed by atoms with van der Waals surface area (Å²) in [6.45, 7) is 4.17. The summed E-state index contributed by atoms with van der Waals surface area (Å²) in [4.78, 5) is 4.55. The zero-order valence-electron chi connectivity index (χ0n) is 14.4. The molecule has 0 amide bonds. The Morgan fingerprint density at radius 2 is 2.24 bits per heavy atom. The molecular weight excluding hydrogens is 340 g/mol. The van der Waals surface area contributed by atoms with Crippen LogP contribution in [-0.4, -0.2) is 45.9 Å². The molecule has 1 N–H and O–H groups in total. The molecule has 1 saturated heterocycles. The third-order valence-corrected chi connectivity index (χ3v) is 5.83. The second kappa shape index (κ2) is 8.23. The first-order chi connectivity index (χ1) is 12.1. The largest absolute Gasteiger partial charge is 0.379 e. The molecule has 7 heteroatoms. The van der Waals surface area contributed by atoms with Gasteiger partial charge in [0.15, 0.2) is 0 Å². The SMILES string of the molecule is Cc1ccc(S(=O)(=O)NCCCOCC2CCCO2)c2cccnc12. The molecule has 0 radical (unpaired) electrons. The Morgan fingerprint density at radius 1 is 1.36 bits per heavy atom. The fourth-order valence-electron chi connectivity index (χ4n) is 2.97. The van der Waals surface area contributed by atoms with Crippen molar-refractivity contribution < 1.29 is 17.9 Å². The van der Waals surface area contributed by atoms with Crippen molar-refractivity contribution in [1.82, 2.24) is 9.71 Å². The van der Waals surface area contributed by atoms with Crippen LogP contribution in [-0.2, 0) is 19.5 Å². The highest BCUT2D eigenvalue weighted by Gasteiger charge is 2.18. The second-order valence-electron chi connectivity index (χ2n) is 6.24. The number of hydrogen-bond acceptors (Lipinski definition) is 5. The molecule has 0 bridgehead atoms. The normalized spacial score (nSPS) is 18.0. The molecule has 1 aromatic heterocycles. The van der Waals surface area contributed by atoms with Gasteiger partial charge in [0, 0.05) is 31.3 Å². The van der Waals surface area contributed by atoms with Crippen LogP contribution >= 0.6 is 0 Å². The lowest BCUT2D eigenvalue weighted by atomic mass is 10.1. The Balaban J connectivity index is 1.54. The van der Waals surface area contributed by atoms with Gasteiger partial charge in [0.2, 0.25) is 10.0 Å². The van der Waals surface area contributed by atoms with E-state index in [-0.39, 0.29) is 11.0 Å². The van der Waals surface area contributed by atoms with Crippen LogP contribution in [0.2, 0.25) is 0 Å². The van der Waals surface area contributed by atoms with Crippen LogP contribution in [0.25, 0.3) is 10.9 Å². The number of nitrogens with zero attached hydrogens (tertiary/aromatic N) is 1. The molecule has 2 heterocycles. The van der Waals surface area contributed by atoms with Gasteiger partial charge in [0.1, 0.15) is 0 Å². The topological polar surface area (TPSA) is 77.5 Å². The van der Waals surface area contributed by atoms with Crippen molar-refractivity contribution in [3.63, 3.8) is 0 Å². The summed E-state index contributed by atoms with van der Waals surface area (Å²) in [5.41, 5.74) is 1.67. The van der Waals surface area contributed by atoms with Gasteiger partial charge in [-0.25, -0.2) is 13.1 Å². The Hall–Kier alpha value is -1.54. The molecule has 0 spiro atoms. The van der Waals surface area contributed by atoms with Crippen molar-refractivity contribution in [2.45, 2.75) is 37.2 Å². The molecule has 25 heavy (non-hydrogen) atoms. The van der Waals surface area contributed by atoms with Gasteiger partial charge in [-0.05, 0) is 49.9 Å². The average Bonchev–Trinajstić information content (AvgIpc) is 3.12. The summed E-state index contributed by atoms with van der Waals surface area (Å²) >= 11 is 0. The summed E-state index contributed by atoms with van der Waals surface area (Å²) < 4.78 is 38.9. The maximum absolute atomic E-state index is 12.6. The maximum atomic E-state index is 12.6. The van der Waals surface area contributed by atoms with E-state index in [1.54, 1.807) is 30.5 Å². The van der Waals surface area contributed by atoms with Crippen molar-refractivity contribution in [3.05, 3.63) is 36.0 Å². The second-order valence-corrected chi connectivity index (χ2v) is 7.98. The zero-order chi connectivity index (χ0) is 17.7. The molecule has 2 aromatic rings. The van der Waals surface area contributed by atoms with E-state index < -0.39 is 10.0 Å². The third kappa shape index (κ3) is 4.55. The average molecular weight is 364 g/mol. The predicted molar refractivity (Wildman–Crippen MR) is 96.1 cm³/mol. The summed E-state index contributed by atoms with van der Waals surface area (Å²) in [7, 11) is -3.58. The van der Waals surface area contributed by atoms with Gasteiger partial charge in [-0.15, -0.1) is 0 Å². The summed E-state index contributed by atoms with van der Waals surface area (Å²) in [5.74, 6) is 0. The molecule has 0 saturated carbocycles. The van der Waals surface area contributed by atoms with E-state index >= 15 is 0 Å². The molecular formula is C18H24N2O4S. The van der Waals surface area contributed by atoms with E-state index in [0.29, 0.717) is 37.1 Å². The van der Waals surface area contributed by atoms with Crippen molar-refractivity contribution in [2.75, 3.05) is 26.4 Å². The van der Waals surface area contributed by atoms with E-state index in [4.69, 9.17) is 9.47 Å². The Kier molecular flexibility index (Phi) is 6.01. The Labute approximate surface area is 148 Å². The minimum Gasteiger partial charge on any atom is -0.379 e. The number of fused-ring (bicyclic) bond motifs is 1. The smallest absolute Gasteiger partial charge is 0.241 e. The standard InChI is InChI=1S/C18H24N2O4S/c1-14-7-8-17(16-6-2-9-19-18(14)16)25(21,22)20-10-4-11-23-13-15-5-3-12-24-15/h2,6-9,15,20H,3-5,10-13H2,1H3. The number of hydrogen-bond donors (Lipinski definition) is 1. The number of pyridine rings is 1. The minimum absolute atomic E-state index is 0.197. The van der Waals surface area contributed by atoms with Gasteiger partial charge < -0.3 is 9.47 Å². The van der Waals surface area contributed by atoms with Crippen LogP contribution in [0.5, 0.6) is 0 Å². The van der Waals surface area contributed by atoms with Crippen molar-refractivity contribution >= 4 is 20.9 Å². The fraction of sp³-hybridized carbons (Fsp3) is 0.500. The third-order valence-electron chi connectivity index (χ3n) is 4.31. The van der Waals surface area contributed by atoms with Gasteiger partial charge in [0.25, 0.3) is 0 Å². The first-order valence-corrected chi connectivity index (χ1v) is 10.1. The number of aryl methyl sites for hydroxylation is 1. The van der Waals surface area contributed by atoms with Crippen LogP contribution < -0.4 is 4.72 Å². The zero-order valence-corrected chi connectivity index (χ0v) is 15.2. The molecule has 1 unspecified atom stereocenters. The predicted octanol–water partition coefficient (Wildman–Crippen LogP) is 2.41. The van der Waals surface area contributed by atoms with E-state index in [2.05, 4.69) is 9.71 Å². The van der Waals surface area contributed by atoms with Crippen LogP contribution in [0.3, 0.4) is 0 Å². The molecule has 3 rings (SSSR count). The molecule has 6 nitrogen and oxygen atoms in total. The summed E-state index contributed by atoms with van der Waals surface area (Å²) in [6.07, 6.45) is 4.62. The van der Waals surface area contributed by atoms with Gasteiger partial charge in [-0.1, -0.05) is 6.07 Å². The van der Waals surface area contributed by atoms with Gasteiger partial charge >= 0.3 is 0 Å². The number of rotatable bonds is 8. The highest BCUT2D eigenvalue weighted by Crippen LogP contribution is 2.24. The van der Waals surface area contributed by atoms with Crippen molar-refractivity contribution in [2.24, 2.45) is 0 Å². The lowest BCUT2D eigenvalue weighted by Crippen LogP contribution is -2.26. The van der Waals surface area contributed by atoms with E-state index in [0.717, 1.165) is 25.0 Å². The molecule has 1 aliphatic heterocycles. The maximum Gasteiger partial charge on any atom is 0.241 e. The molecule has 1 atom stereocenters. The van der Waals surface area contributed by atoms with Gasteiger partial charge in [0.05, 0.1) is 23.1 Å². The highest BCUT2D eigenvalue weighted by atomic mass is 32.2. The van der Waals surface area contributed by atoms with Gasteiger partial charge in [-0.2, -0.15) is 0 Å². The van der Waals surface area contributed by atoms with Crippen molar-refractivity contribution in [1.29, 1.82) is 0 Å². The number of sulfonamides is 1. The summed E-state index contributed by atoms with van der Waals surface area (Å²) in [5, 5.41) is 0.643. The lowest BCUT2D eigenvalue weighted by Gasteiger charge is -2.12. The number of ether oxygens (including phenoxy) is 2. The molecule has 136 valence electrons. The lowest BCUT2D eigenvalue weighted by molar-refractivity contribution is 0.0169. The Bertz CT molecular complexity index is 817. The van der Waals surface area contributed by atoms with Crippen LogP contribution in [0.15, 0.2) is 35.4 Å². The fourth-order valence-corrected chi connectivity index (χ4v) is 4.24. The number of aromatic nitrogens is 1. The van der Waals surface area contributed by atoms with Crippen molar-refractivity contribution in [3.8, 4) is 0 Å². The molecule has 1 aliphatic rings. The molecule has 1 fully saturated rings. The minimum atomic E-state index is -3.58. The number of benzene rings is 1. The van der Waals surface area contributed by atoms with Crippen LogP contribution in [0, 0.1) is 6.92 Å². The first kappa shape index (κ1) is 18.3.